The van der Waals surface area contributed by atoms with Gasteiger partial charge < -0.3 is 10.0 Å². The van der Waals surface area contributed by atoms with Crippen molar-refractivity contribution in [2.45, 2.75) is 38.1 Å². The van der Waals surface area contributed by atoms with Gasteiger partial charge in [-0.1, -0.05) is 18.2 Å². The molecule has 1 aromatic carbocycles. The summed E-state index contributed by atoms with van der Waals surface area (Å²) in [6.07, 6.45) is 5.87. The first-order valence-electron chi connectivity index (χ1n) is 8.07. The molecule has 1 aliphatic rings. The molecule has 5 heteroatoms. The standard InChI is InChI=1S/C18H23N3O2/c1-18(2,17(22)23)15-6-3-4-7-16(15)20-12-8-14(9-13-20)21-11-5-10-19-21/h3-7,10-11,14H,8-9,12-13H2,1-2H3,(H,22,23). The molecule has 1 saturated heterocycles. The normalized spacial score (nSPS) is 16.5. The molecule has 1 N–H and O–H groups in total. The second-order valence-corrected chi connectivity index (χ2v) is 6.65. The highest BCUT2D eigenvalue weighted by Crippen LogP contribution is 2.35. The van der Waals surface area contributed by atoms with Crippen molar-refractivity contribution in [3.8, 4) is 0 Å². The molecule has 0 bridgehead atoms. The largest absolute Gasteiger partial charge is 0.481 e. The van der Waals surface area contributed by atoms with Gasteiger partial charge in [-0.15, -0.1) is 0 Å². The van der Waals surface area contributed by atoms with Crippen LogP contribution in [0.3, 0.4) is 0 Å². The first-order chi connectivity index (χ1) is 11.0. The number of para-hydroxylation sites is 1. The molecular formula is C18H23N3O2. The summed E-state index contributed by atoms with van der Waals surface area (Å²) in [4.78, 5) is 13.9. The average Bonchev–Trinajstić information content (AvgIpc) is 3.09. The van der Waals surface area contributed by atoms with Crippen LogP contribution >= 0.6 is 0 Å². The Bertz CT molecular complexity index is 671. The van der Waals surface area contributed by atoms with Gasteiger partial charge in [-0.05, 0) is 44.4 Å². The predicted molar refractivity (Wildman–Crippen MR) is 89.8 cm³/mol. The van der Waals surface area contributed by atoms with Gasteiger partial charge in [0, 0.05) is 31.2 Å². The molecular weight excluding hydrogens is 290 g/mol. The van der Waals surface area contributed by atoms with Crippen LogP contribution < -0.4 is 4.90 Å². The number of hydrogen-bond donors (Lipinski definition) is 1. The molecule has 1 aliphatic heterocycles. The highest BCUT2D eigenvalue weighted by atomic mass is 16.4. The summed E-state index contributed by atoms with van der Waals surface area (Å²) in [6.45, 7) is 5.36. The summed E-state index contributed by atoms with van der Waals surface area (Å²) in [6, 6.07) is 10.3. The number of aliphatic carboxylic acids is 1. The van der Waals surface area contributed by atoms with Crippen LogP contribution in [0.4, 0.5) is 5.69 Å². The monoisotopic (exact) mass is 313 g/mol. The fourth-order valence-electron chi connectivity index (χ4n) is 3.26. The molecule has 122 valence electrons. The molecule has 0 aliphatic carbocycles. The maximum absolute atomic E-state index is 11.6. The smallest absolute Gasteiger partial charge is 0.313 e. The molecule has 2 heterocycles. The van der Waals surface area contributed by atoms with Gasteiger partial charge in [0.25, 0.3) is 0 Å². The number of carbonyl (C=O) groups is 1. The van der Waals surface area contributed by atoms with Crippen molar-refractivity contribution in [3.05, 3.63) is 48.3 Å². The van der Waals surface area contributed by atoms with Gasteiger partial charge in [-0.3, -0.25) is 9.48 Å². The van der Waals surface area contributed by atoms with Gasteiger partial charge in [0.15, 0.2) is 0 Å². The molecule has 0 atom stereocenters. The number of nitrogens with zero attached hydrogens (tertiary/aromatic N) is 3. The van der Waals surface area contributed by atoms with Gasteiger partial charge in [-0.25, -0.2) is 0 Å². The maximum Gasteiger partial charge on any atom is 0.313 e. The Morgan fingerprint density at radius 1 is 1.22 bits per heavy atom. The zero-order valence-corrected chi connectivity index (χ0v) is 13.6. The molecule has 23 heavy (non-hydrogen) atoms. The van der Waals surface area contributed by atoms with Crippen LogP contribution in [0.25, 0.3) is 0 Å². The van der Waals surface area contributed by atoms with Crippen LogP contribution in [0.1, 0.15) is 38.3 Å². The van der Waals surface area contributed by atoms with E-state index in [0.717, 1.165) is 37.2 Å². The number of anilines is 1. The fourth-order valence-corrected chi connectivity index (χ4v) is 3.26. The van der Waals surface area contributed by atoms with E-state index in [9.17, 15) is 9.90 Å². The molecule has 0 spiro atoms. The molecule has 3 rings (SSSR count). The number of hydrogen-bond acceptors (Lipinski definition) is 3. The van der Waals surface area contributed by atoms with Gasteiger partial charge in [0.05, 0.1) is 11.5 Å². The van der Waals surface area contributed by atoms with Gasteiger partial charge >= 0.3 is 5.97 Å². The summed E-state index contributed by atoms with van der Waals surface area (Å²) in [5.41, 5.74) is 1.03. The van der Waals surface area contributed by atoms with E-state index < -0.39 is 11.4 Å². The lowest BCUT2D eigenvalue weighted by Crippen LogP contribution is -2.38. The number of rotatable bonds is 4. The summed E-state index contributed by atoms with van der Waals surface area (Å²) < 4.78 is 2.03. The van der Waals surface area contributed by atoms with E-state index in [1.807, 2.05) is 47.4 Å². The van der Waals surface area contributed by atoms with Gasteiger partial charge in [-0.2, -0.15) is 5.10 Å². The van der Waals surface area contributed by atoms with Crippen LogP contribution in [-0.4, -0.2) is 33.9 Å². The summed E-state index contributed by atoms with van der Waals surface area (Å²) in [7, 11) is 0. The van der Waals surface area contributed by atoms with Crippen molar-refractivity contribution < 1.29 is 9.90 Å². The molecule has 1 fully saturated rings. The van der Waals surface area contributed by atoms with Crippen molar-refractivity contribution in [1.29, 1.82) is 0 Å². The summed E-state index contributed by atoms with van der Waals surface area (Å²) in [5, 5.41) is 13.9. The van der Waals surface area contributed by atoms with E-state index in [2.05, 4.69) is 10.00 Å². The molecule has 0 radical (unpaired) electrons. The third kappa shape index (κ3) is 2.96. The van der Waals surface area contributed by atoms with Crippen molar-refractivity contribution in [2.24, 2.45) is 0 Å². The number of carboxylic acids is 1. The first-order valence-corrected chi connectivity index (χ1v) is 8.07. The molecule has 1 aromatic heterocycles. The lowest BCUT2D eigenvalue weighted by molar-refractivity contribution is -0.142. The Morgan fingerprint density at radius 3 is 2.52 bits per heavy atom. The number of piperidine rings is 1. The predicted octanol–water partition coefficient (Wildman–Crippen LogP) is 3.09. The van der Waals surface area contributed by atoms with Crippen LogP contribution in [0.2, 0.25) is 0 Å². The third-order valence-electron chi connectivity index (χ3n) is 4.82. The van der Waals surface area contributed by atoms with E-state index >= 15 is 0 Å². The minimum atomic E-state index is -0.893. The number of benzene rings is 1. The van der Waals surface area contributed by atoms with Crippen molar-refractivity contribution >= 4 is 11.7 Å². The minimum absolute atomic E-state index is 0.431. The lowest BCUT2D eigenvalue weighted by Gasteiger charge is -2.36. The zero-order valence-electron chi connectivity index (χ0n) is 13.6. The van der Waals surface area contributed by atoms with E-state index in [4.69, 9.17) is 0 Å². The third-order valence-corrected chi connectivity index (χ3v) is 4.82. The average molecular weight is 313 g/mol. The van der Waals surface area contributed by atoms with E-state index in [1.165, 1.54) is 0 Å². The Kier molecular flexibility index (Phi) is 4.11. The minimum Gasteiger partial charge on any atom is -0.481 e. The Labute approximate surface area is 136 Å². The van der Waals surface area contributed by atoms with Gasteiger partial charge in [0.1, 0.15) is 0 Å². The molecule has 0 amide bonds. The van der Waals surface area contributed by atoms with Crippen molar-refractivity contribution in [1.82, 2.24) is 9.78 Å². The first kappa shape index (κ1) is 15.6. The topological polar surface area (TPSA) is 58.4 Å². The summed E-state index contributed by atoms with van der Waals surface area (Å²) in [5.74, 6) is -0.795. The fraction of sp³-hybridized carbons (Fsp3) is 0.444. The van der Waals surface area contributed by atoms with E-state index in [-0.39, 0.29) is 0 Å². The quantitative estimate of drug-likeness (QED) is 0.942. The second-order valence-electron chi connectivity index (χ2n) is 6.65. The highest BCUT2D eigenvalue weighted by molar-refractivity contribution is 5.83. The Morgan fingerprint density at radius 2 is 1.91 bits per heavy atom. The Balaban J connectivity index is 1.80. The van der Waals surface area contributed by atoms with Crippen LogP contribution in [0.5, 0.6) is 0 Å². The van der Waals surface area contributed by atoms with Crippen LogP contribution in [0, 0.1) is 0 Å². The van der Waals surface area contributed by atoms with Crippen molar-refractivity contribution in [3.63, 3.8) is 0 Å². The summed E-state index contributed by atoms with van der Waals surface area (Å²) >= 11 is 0. The Hall–Kier alpha value is -2.30. The molecule has 2 aromatic rings. The maximum atomic E-state index is 11.6. The number of aromatic nitrogens is 2. The zero-order chi connectivity index (χ0) is 16.4. The van der Waals surface area contributed by atoms with Crippen LogP contribution in [-0.2, 0) is 10.2 Å². The molecule has 0 unspecified atom stereocenters. The SMILES string of the molecule is CC(C)(C(=O)O)c1ccccc1N1CCC(n2cccn2)CC1. The van der Waals surface area contributed by atoms with Gasteiger partial charge in [0.2, 0.25) is 0 Å². The molecule has 5 nitrogen and oxygen atoms in total. The second kappa shape index (κ2) is 6.07. The van der Waals surface area contributed by atoms with Crippen LogP contribution in [0.15, 0.2) is 42.7 Å². The highest BCUT2D eigenvalue weighted by Gasteiger charge is 2.33. The van der Waals surface area contributed by atoms with E-state index in [0.29, 0.717) is 6.04 Å². The van der Waals surface area contributed by atoms with Crippen molar-refractivity contribution in [2.75, 3.05) is 18.0 Å². The lowest BCUT2D eigenvalue weighted by atomic mass is 9.83. The molecule has 0 saturated carbocycles. The number of carboxylic acid groups (broad SMARTS) is 1. The van der Waals surface area contributed by atoms with E-state index in [1.54, 1.807) is 13.8 Å².